The van der Waals surface area contributed by atoms with Crippen LogP contribution in [-0.4, -0.2) is 13.2 Å². The van der Waals surface area contributed by atoms with Crippen molar-refractivity contribution >= 4 is 15.9 Å². The minimum Gasteiger partial charge on any atom is -0.488 e. The summed E-state index contributed by atoms with van der Waals surface area (Å²) in [6, 6.07) is 8.47. The number of ether oxygens (including phenoxy) is 1. The molecule has 1 N–H and O–H groups in total. The summed E-state index contributed by atoms with van der Waals surface area (Å²) in [6.45, 7) is 9.45. The van der Waals surface area contributed by atoms with Crippen LogP contribution in [0.1, 0.15) is 25.5 Å². The Morgan fingerprint density at radius 1 is 1.56 bits per heavy atom. The summed E-state index contributed by atoms with van der Waals surface area (Å²) in [5.74, 6) is 0.878. The molecule has 0 aliphatic heterocycles. The summed E-state index contributed by atoms with van der Waals surface area (Å²) in [6.07, 6.45) is 0. The molecule has 1 atom stereocenters. The third kappa shape index (κ3) is 4.37. The molecule has 2 nitrogen and oxygen atoms in total. The molecular formula is C13H18BrNO. The maximum Gasteiger partial charge on any atom is 0.120 e. The Hall–Kier alpha value is -0.800. The molecule has 3 heteroatoms. The molecule has 1 rings (SSSR count). The van der Waals surface area contributed by atoms with Gasteiger partial charge in [0.15, 0.2) is 0 Å². The fourth-order valence-corrected chi connectivity index (χ4v) is 1.57. The maximum absolute atomic E-state index is 5.56. The van der Waals surface area contributed by atoms with Gasteiger partial charge in [0, 0.05) is 10.5 Å². The first kappa shape index (κ1) is 13.3. The second-order valence-electron chi connectivity index (χ2n) is 3.66. The molecule has 0 aliphatic rings. The highest BCUT2D eigenvalue weighted by Crippen LogP contribution is 2.19. The van der Waals surface area contributed by atoms with Gasteiger partial charge in [-0.3, -0.25) is 0 Å². The van der Waals surface area contributed by atoms with Gasteiger partial charge in [0.25, 0.3) is 0 Å². The normalized spacial score (nSPS) is 12.2. The molecule has 0 spiro atoms. The van der Waals surface area contributed by atoms with Gasteiger partial charge in [0.1, 0.15) is 12.4 Å². The van der Waals surface area contributed by atoms with Crippen LogP contribution in [0.5, 0.6) is 5.75 Å². The SMILES string of the molecule is C=C(Br)COc1cccc(C(C)NCC)c1. The molecule has 1 unspecified atom stereocenters. The van der Waals surface area contributed by atoms with Gasteiger partial charge in [0.05, 0.1) is 0 Å². The van der Waals surface area contributed by atoms with E-state index in [1.807, 2.05) is 12.1 Å². The first-order chi connectivity index (χ1) is 7.63. The monoisotopic (exact) mass is 283 g/mol. The second-order valence-corrected chi connectivity index (χ2v) is 4.78. The van der Waals surface area contributed by atoms with Gasteiger partial charge in [-0.1, -0.05) is 41.6 Å². The molecule has 0 amide bonds. The van der Waals surface area contributed by atoms with E-state index in [1.165, 1.54) is 5.56 Å². The van der Waals surface area contributed by atoms with Crippen molar-refractivity contribution in [1.29, 1.82) is 0 Å². The lowest BCUT2D eigenvalue weighted by Gasteiger charge is -2.14. The molecule has 0 heterocycles. The fourth-order valence-electron chi connectivity index (χ4n) is 1.46. The molecule has 0 aromatic heterocycles. The average Bonchev–Trinajstić information content (AvgIpc) is 2.27. The van der Waals surface area contributed by atoms with Crippen LogP contribution < -0.4 is 10.1 Å². The van der Waals surface area contributed by atoms with Gasteiger partial charge in [-0.05, 0) is 31.2 Å². The third-order valence-corrected chi connectivity index (χ3v) is 2.49. The summed E-state index contributed by atoms with van der Waals surface area (Å²) in [7, 11) is 0. The van der Waals surface area contributed by atoms with Crippen LogP contribution in [0.2, 0.25) is 0 Å². The van der Waals surface area contributed by atoms with E-state index in [-0.39, 0.29) is 0 Å². The Labute approximate surface area is 106 Å². The third-order valence-electron chi connectivity index (χ3n) is 2.26. The van der Waals surface area contributed by atoms with Crippen molar-refractivity contribution in [2.75, 3.05) is 13.2 Å². The quantitative estimate of drug-likeness (QED) is 0.861. The zero-order valence-corrected chi connectivity index (χ0v) is 11.4. The van der Waals surface area contributed by atoms with Crippen molar-refractivity contribution in [3.05, 3.63) is 40.9 Å². The predicted octanol–water partition coefficient (Wildman–Crippen LogP) is 3.64. The predicted molar refractivity (Wildman–Crippen MR) is 72.1 cm³/mol. The van der Waals surface area contributed by atoms with Crippen LogP contribution in [0.15, 0.2) is 35.3 Å². The average molecular weight is 284 g/mol. The molecule has 0 bridgehead atoms. The maximum atomic E-state index is 5.56. The highest BCUT2D eigenvalue weighted by molar-refractivity contribution is 9.11. The number of halogens is 1. The molecule has 0 fully saturated rings. The van der Waals surface area contributed by atoms with Crippen LogP contribution in [-0.2, 0) is 0 Å². The Balaban J connectivity index is 2.66. The number of rotatable bonds is 6. The summed E-state index contributed by atoms with van der Waals surface area (Å²) >= 11 is 3.27. The van der Waals surface area contributed by atoms with E-state index < -0.39 is 0 Å². The van der Waals surface area contributed by atoms with E-state index in [9.17, 15) is 0 Å². The van der Waals surface area contributed by atoms with Gasteiger partial charge in [-0.15, -0.1) is 0 Å². The zero-order chi connectivity index (χ0) is 12.0. The molecule has 16 heavy (non-hydrogen) atoms. The summed E-state index contributed by atoms with van der Waals surface area (Å²) in [5, 5.41) is 3.37. The standard InChI is InChI=1S/C13H18BrNO/c1-4-15-11(3)12-6-5-7-13(8-12)16-9-10(2)14/h5-8,11,15H,2,4,9H2,1,3H3. The Kier molecular flexibility index (Phi) is 5.56. The molecule has 1 aromatic rings. The van der Waals surface area contributed by atoms with E-state index in [0.717, 1.165) is 16.8 Å². The molecule has 0 radical (unpaired) electrons. The highest BCUT2D eigenvalue weighted by Gasteiger charge is 2.04. The Morgan fingerprint density at radius 3 is 2.94 bits per heavy atom. The van der Waals surface area contributed by atoms with E-state index in [4.69, 9.17) is 4.74 Å². The lowest BCUT2D eigenvalue weighted by molar-refractivity contribution is 0.360. The lowest BCUT2D eigenvalue weighted by atomic mass is 10.1. The number of nitrogens with one attached hydrogen (secondary N) is 1. The number of hydrogen-bond acceptors (Lipinski definition) is 2. The summed E-state index contributed by atoms with van der Waals surface area (Å²) in [5.41, 5.74) is 1.24. The van der Waals surface area contributed by atoms with Crippen molar-refractivity contribution < 1.29 is 4.74 Å². The van der Waals surface area contributed by atoms with Crippen LogP contribution in [0.3, 0.4) is 0 Å². The Morgan fingerprint density at radius 2 is 2.31 bits per heavy atom. The first-order valence-corrected chi connectivity index (χ1v) is 6.22. The minimum atomic E-state index is 0.348. The van der Waals surface area contributed by atoms with E-state index in [2.05, 4.69) is 53.8 Å². The van der Waals surface area contributed by atoms with Gasteiger partial charge in [-0.25, -0.2) is 0 Å². The van der Waals surface area contributed by atoms with Crippen molar-refractivity contribution in [2.45, 2.75) is 19.9 Å². The van der Waals surface area contributed by atoms with Gasteiger partial charge in [-0.2, -0.15) is 0 Å². The van der Waals surface area contributed by atoms with Gasteiger partial charge in [0.2, 0.25) is 0 Å². The molecule has 0 saturated heterocycles. The zero-order valence-electron chi connectivity index (χ0n) is 9.79. The molecule has 1 aromatic carbocycles. The topological polar surface area (TPSA) is 21.3 Å². The smallest absolute Gasteiger partial charge is 0.120 e. The molecule has 88 valence electrons. The van der Waals surface area contributed by atoms with Crippen molar-refractivity contribution in [2.24, 2.45) is 0 Å². The number of hydrogen-bond donors (Lipinski definition) is 1. The van der Waals surface area contributed by atoms with Crippen molar-refractivity contribution in [3.8, 4) is 5.75 Å². The highest BCUT2D eigenvalue weighted by atomic mass is 79.9. The Bertz CT molecular complexity index is 352. The molecule has 0 aliphatic carbocycles. The van der Waals surface area contributed by atoms with Crippen LogP contribution in [0.4, 0.5) is 0 Å². The summed E-state index contributed by atoms with van der Waals surface area (Å²) in [4.78, 5) is 0. The van der Waals surface area contributed by atoms with Gasteiger partial charge >= 0.3 is 0 Å². The van der Waals surface area contributed by atoms with Crippen LogP contribution in [0, 0.1) is 0 Å². The van der Waals surface area contributed by atoms with E-state index in [1.54, 1.807) is 0 Å². The summed E-state index contributed by atoms with van der Waals surface area (Å²) < 4.78 is 6.41. The second kappa shape index (κ2) is 6.71. The van der Waals surface area contributed by atoms with Crippen LogP contribution >= 0.6 is 15.9 Å². The fraction of sp³-hybridized carbons (Fsp3) is 0.385. The largest absolute Gasteiger partial charge is 0.488 e. The van der Waals surface area contributed by atoms with Crippen molar-refractivity contribution in [1.82, 2.24) is 5.32 Å². The van der Waals surface area contributed by atoms with Crippen molar-refractivity contribution in [3.63, 3.8) is 0 Å². The van der Waals surface area contributed by atoms with E-state index in [0.29, 0.717) is 12.6 Å². The van der Waals surface area contributed by atoms with E-state index >= 15 is 0 Å². The molecular weight excluding hydrogens is 266 g/mol. The van der Waals surface area contributed by atoms with Gasteiger partial charge < -0.3 is 10.1 Å². The number of benzene rings is 1. The minimum absolute atomic E-state index is 0.348. The first-order valence-electron chi connectivity index (χ1n) is 5.43. The lowest BCUT2D eigenvalue weighted by Crippen LogP contribution is -2.17. The van der Waals surface area contributed by atoms with Crippen LogP contribution in [0.25, 0.3) is 0 Å². The molecule has 0 saturated carbocycles.